The number of hydrogen-bond donors (Lipinski definition) is 1. The summed E-state index contributed by atoms with van der Waals surface area (Å²) in [5.74, 6) is -1.02. The molecule has 1 N–H and O–H groups in total. The first-order chi connectivity index (χ1) is 15.7. The van der Waals surface area contributed by atoms with Gasteiger partial charge < -0.3 is 9.84 Å². The molecule has 168 valence electrons. The van der Waals surface area contributed by atoms with E-state index in [1.807, 2.05) is 39.0 Å². The molecule has 1 fully saturated rings. The number of halogens is 1. The number of amides is 1. The minimum atomic E-state index is -0.824. The number of aliphatic hydroxyl groups excluding tert-OH is 1. The SMILES string of the molecule is COc1ccc(C2/C(=C(\O)c3cc(C)ccc3C)C(=O)C(=O)N2c2ccc(C)c(Cl)c2)cc1. The van der Waals surface area contributed by atoms with Crippen molar-refractivity contribution in [2.24, 2.45) is 0 Å². The number of carbonyl (C=O) groups excluding carboxylic acids is 2. The van der Waals surface area contributed by atoms with Crippen LogP contribution >= 0.6 is 11.6 Å². The molecule has 0 aromatic heterocycles. The van der Waals surface area contributed by atoms with E-state index >= 15 is 0 Å². The van der Waals surface area contributed by atoms with Gasteiger partial charge in [0.05, 0.1) is 18.7 Å². The Balaban J connectivity index is 1.97. The smallest absolute Gasteiger partial charge is 0.300 e. The third-order valence-corrected chi connectivity index (χ3v) is 6.36. The van der Waals surface area contributed by atoms with E-state index in [-0.39, 0.29) is 11.3 Å². The summed E-state index contributed by atoms with van der Waals surface area (Å²) in [6.45, 7) is 5.62. The van der Waals surface area contributed by atoms with Crippen molar-refractivity contribution >= 4 is 34.7 Å². The monoisotopic (exact) mass is 461 g/mol. The highest BCUT2D eigenvalue weighted by Crippen LogP contribution is 2.43. The molecule has 1 saturated heterocycles. The fourth-order valence-corrected chi connectivity index (χ4v) is 4.24. The summed E-state index contributed by atoms with van der Waals surface area (Å²) < 4.78 is 5.26. The molecule has 5 nitrogen and oxygen atoms in total. The molecule has 0 spiro atoms. The van der Waals surface area contributed by atoms with Gasteiger partial charge >= 0.3 is 0 Å². The quantitative estimate of drug-likeness (QED) is 0.298. The van der Waals surface area contributed by atoms with Crippen LogP contribution in [-0.2, 0) is 9.59 Å². The first kappa shape index (κ1) is 22.6. The number of ketones is 1. The average molecular weight is 462 g/mol. The summed E-state index contributed by atoms with van der Waals surface area (Å²) in [5, 5.41) is 11.8. The van der Waals surface area contributed by atoms with Crippen molar-refractivity contribution in [1.82, 2.24) is 0 Å². The lowest BCUT2D eigenvalue weighted by molar-refractivity contribution is -0.132. The van der Waals surface area contributed by atoms with Crippen molar-refractivity contribution in [2.75, 3.05) is 12.0 Å². The van der Waals surface area contributed by atoms with Crippen LogP contribution in [0.5, 0.6) is 5.75 Å². The summed E-state index contributed by atoms with van der Waals surface area (Å²) in [6.07, 6.45) is 0. The summed E-state index contributed by atoms with van der Waals surface area (Å²) in [5.41, 5.74) is 4.29. The molecule has 1 heterocycles. The van der Waals surface area contributed by atoms with Gasteiger partial charge in [-0.15, -0.1) is 0 Å². The number of carbonyl (C=O) groups is 2. The second kappa shape index (κ2) is 8.75. The van der Waals surface area contributed by atoms with E-state index in [0.29, 0.717) is 27.6 Å². The Bertz CT molecular complexity index is 1290. The highest BCUT2D eigenvalue weighted by Gasteiger charge is 2.47. The second-order valence-corrected chi connectivity index (χ2v) is 8.60. The predicted octanol–water partition coefficient (Wildman–Crippen LogP) is 5.90. The number of Topliss-reactive ketones (excluding diaryl/α,β-unsaturated/α-hetero) is 1. The van der Waals surface area contributed by atoms with Crippen LogP contribution in [-0.4, -0.2) is 23.9 Å². The van der Waals surface area contributed by atoms with E-state index in [1.54, 1.807) is 49.6 Å². The van der Waals surface area contributed by atoms with Crippen LogP contribution in [0.15, 0.2) is 66.2 Å². The molecule has 0 aliphatic carbocycles. The normalized spacial score (nSPS) is 17.5. The first-order valence-electron chi connectivity index (χ1n) is 10.5. The number of benzene rings is 3. The van der Waals surface area contributed by atoms with Crippen LogP contribution in [0.25, 0.3) is 5.76 Å². The van der Waals surface area contributed by atoms with Gasteiger partial charge in [0, 0.05) is 16.3 Å². The molecule has 1 amide bonds. The van der Waals surface area contributed by atoms with Crippen LogP contribution in [0.1, 0.15) is 33.9 Å². The van der Waals surface area contributed by atoms with Crippen LogP contribution in [0.2, 0.25) is 5.02 Å². The van der Waals surface area contributed by atoms with E-state index in [4.69, 9.17) is 16.3 Å². The Morgan fingerprint density at radius 2 is 1.61 bits per heavy atom. The van der Waals surface area contributed by atoms with Crippen molar-refractivity contribution in [2.45, 2.75) is 26.8 Å². The molecule has 1 aliphatic heterocycles. The van der Waals surface area contributed by atoms with E-state index in [9.17, 15) is 14.7 Å². The van der Waals surface area contributed by atoms with Gasteiger partial charge in [-0.3, -0.25) is 14.5 Å². The Labute approximate surface area is 197 Å². The first-order valence-corrected chi connectivity index (χ1v) is 10.9. The fraction of sp³-hybridized carbons (Fsp3) is 0.185. The fourth-order valence-electron chi connectivity index (χ4n) is 4.07. The Morgan fingerprint density at radius 1 is 0.939 bits per heavy atom. The number of rotatable bonds is 4. The van der Waals surface area contributed by atoms with Crippen LogP contribution in [0.3, 0.4) is 0 Å². The van der Waals surface area contributed by atoms with E-state index in [1.165, 1.54) is 4.90 Å². The van der Waals surface area contributed by atoms with Crippen molar-refractivity contribution < 1.29 is 19.4 Å². The van der Waals surface area contributed by atoms with Crippen molar-refractivity contribution in [3.8, 4) is 5.75 Å². The lowest BCUT2D eigenvalue weighted by atomic mass is 9.93. The highest BCUT2D eigenvalue weighted by atomic mass is 35.5. The van der Waals surface area contributed by atoms with E-state index in [0.717, 1.165) is 16.7 Å². The molecule has 33 heavy (non-hydrogen) atoms. The van der Waals surface area contributed by atoms with Gasteiger partial charge in [0.25, 0.3) is 11.7 Å². The molecule has 3 aromatic carbocycles. The molecule has 1 atom stereocenters. The molecule has 6 heteroatoms. The van der Waals surface area contributed by atoms with Crippen molar-refractivity contribution in [1.29, 1.82) is 0 Å². The molecular weight excluding hydrogens is 438 g/mol. The number of aryl methyl sites for hydroxylation is 3. The number of methoxy groups -OCH3 is 1. The molecule has 3 aromatic rings. The predicted molar refractivity (Wildman–Crippen MR) is 130 cm³/mol. The third-order valence-electron chi connectivity index (χ3n) is 5.96. The molecule has 0 radical (unpaired) electrons. The van der Waals surface area contributed by atoms with Gasteiger partial charge in [-0.2, -0.15) is 0 Å². The zero-order valence-corrected chi connectivity index (χ0v) is 19.6. The van der Waals surface area contributed by atoms with Gasteiger partial charge in [-0.05, 0) is 67.8 Å². The molecule has 1 unspecified atom stereocenters. The van der Waals surface area contributed by atoms with Crippen LogP contribution in [0.4, 0.5) is 5.69 Å². The minimum Gasteiger partial charge on any atom is -0.507 e. The summed E-state index contributed by atoms with van der Waals surface area (Å²) in [7, 11) is 1.57. The van der Waals surface area contributed by atoms with Crippen LogP contribution in [0, 0.1) is 20.8 Å². The van der Waals surface area contributed by atoms with Crippen molar-refractivity contribution in [3.63, 3.8) is 0 Å². The standard InChI is InChI=1S/C27H24ClNO4/c1-15-5-6-16(2)21(13-15)25(30)23-24(18-8-11-20(33-4)12-9-18)29(27(32)26(23)31)19-10-7-17(3)22(28)14-19/h5-14,24,30H,1-4H3/b25-23+. The molecule has 0 bridgehead atoms. The van der Waals surface area contributed by atoms with Gasteiger partial charge in [0.1, 0.15) is 11.5 Å². The van der Waals surface area contributed by atoms with Crippen LogP contribution < -0.4 is 9.64 Å². The highest BCUT2D eigenvalue weighted by molar-refractivity contribution is 6.51. The Hall–Kier alpha value is -3.57. The molecular formula is C27H24ClNO4. The van der Waals surface area contributed by atoms with Gasteiger partial charge in [-0.1, -0.05) is 47.5 Å². The van der Waals surface area contributed by atoms with E-state index < -0.39 is 17.7 Å². The van der Waals surface area contributed by atoms with Gasteiger partial charge in [0.2, 0.25) is 0 Å². The summed E-state index contributed by atoms with van der Waals surface area (Å²) >= 11 is 6.34. The maximum atomic E-state index is 13.3. The van der Waals surface area contributed by atoms with Gasteiger partial charge in [0.15, 0.2) is 0 Å². The Kier molecular flexibility index (Phi) is 6.00. The maximum absolute atomic E-state index is 13.3. The number of hydrogen-bond acceptors (Lipinski definition) is 4. The molecule has 0 saturated carbocycles. The number of aliphatic hydroxyl groups is 1. The van der Waals surface area contributed by atoms with Crippen molar-refractivity contribution in [3.05, 3.63) is 99.1 Å². The maximum Gasteiger partial charge on any atom is 0.300 e. The number of nitrogens with zero attached hydrogens (tertiary/aromatic N) is 1. The number of anilines is 1. The molecule has 1 aliphatic rings. The summed E-state index contributed by atoms with van der Waals surface area (Å²) in [4.78, 5) is 28.0. The second-order valence-electron chi connectivity index (χ2n) is 8.19. The Morgan fingerprint density at radius 3 is 2.24 bits per heavy atom. The number of ether oxygens (including phenoxy) is 1. The minimum absolute atomic E-state index is 0.0376. The zero-order valence-electron chi connectivity index (χ0n) is 18.8. The topological polar surface area (TPSA) is 66.8 Å². The van der Waals surface area contributed by atoms with E-state index in [2.05, 4.69) is 0 Å². The third kappa shape index (κ3) is 4.00. The largest absolute Gasteiger partial charge is 0.507 e. The molecule has 4 rings (SSSR count). The zero-order chi connectivity index (χ0) is 23.9. The summed E-state index contributed by atoms with van der Waals surface area (Å²) in [6, 6.07) is 17.1. The lowest BCUT2D eigenvalue weighted by Gasteiger charge is -2.26. The average Bonchev–Trinajstić information content (AvgIpc) is 3.07. The lowest BCUT2D eigenvalue weighted by Crippen LogP contribution is -2.29. The van der Waals surface area contributed by atoms with Gasteiger partial charge in [-0.25, -0.2) is 0 Å².